The number of esters is 1. The van der Waals surface area contributed by atoms with Gasteiger partial charge in [0, 0.05) is 17.3 Å². The topological polar surface area (TPSA) is 75.3 Å². The molecule has 6 nitrogen and oxygen atoms in total. The largest absolute Gasteiger partial charge is 0.448 e. The van der Waals surface area contributed by atoms with Crippen LogP contribution in [0.5, 0.6) is 0 Å². The number of benzene rings is 2. The van der Waals surface area contributed by atoms with Gasteiger partial charge in [-0.1, -0.05) is 48.5 Å². The van der Waals surface area contributed by atoms with Crippen LogP contribution in [0.1, 0.15) is 29.9 Å². The second-order valence-electron chi connectivity index (χ2n) is 6.97. The Labute approximate surface area is 163 Å². The second-order valence-corrected chi connectivity index (χ2v) is 6.97. The number of hydrogen-bond donors (Lipinski definition) is 1. The number of para-hydroxylation sites is 1. The molecule has 0 aliphatic carbocycles. The molecule has 0 spiro atoms. The molecule has 2 atom stereocenters. The molecule has 1 aliphatic heterocycles. The summed E-state index contributed by atoms with van der Waals surface area (Å²) < 4.78 is 5.42. The molecule has 28 heavy (non-hydrogen) atoms. The predicted octanol–water partition coefficient (Wildman–Crippen LogP) is 3.60. The van der Waals surface area contributed by atoms with Gasteiger partial charge in [0.15, 0.2) is 6.10 Å². The molecule has 4 rings (SSSR count). The number of nitrogens with zero attached hydrogens (tertiary/aromatic N) is 2. The highest BCUT2D eigenvalue weighted by Gasteiger charge is 2.34. The molecule has 0 unspecified atom stereocenters. The number of rotatable bonds is 4. The molecule has 1 aromatic heterocycles. The van der Waals surface area contributed by atoms with E-state index in [1.54, 1.807) is 17.9 Å². The minimum atomic E-state index is -0.899. The quantitative estimate of drug-likeness (QED) is 0.707. The monoisotopic (exact) mass is 375 g/mol. The van der Waals surface area contributed by atoms with Crippen LogP contribution in [0.2, 0.25) is 0 Å². The van der Waals surface area contributed by atoms with Gasteiger partial charge >= 0.3 is 5.97 Å². The van der Waals surface area contributed by atoms with Gasteiger partial charge in [-0.25, -0.2) is 4.79 Å². The summed E-state index contributed by atoms with van der Waals surface area (Å²) in [7, 11) is 0. The molecular formula is C22H21N3O3. The Bertz CT molecular complexity index is 1010. The fourth-order valence-corrected chi connectivity index (χ4v) is 3.55. The number of amides is 1. The van der Waals surface area contributed by atoms with Gasteiger partial charge in [0.1, 0.15) is 5.69 Å². The van der Waals surface area contributed by atoms with Gasteiger partial charge < -0.3 is 9.64 Å². The molecule has 0 radical (unpaired) electrons. The van der Waals surface area contributed by atoms with E-state index < -0.39 is 12.1 Å². The lowest BCUT2D eigenvalue weighted by Gasteiger charge is -2.25. The zero-order chi connectivity index (χ0) is 19.7. The maximum absolute atomic E-state index is 12.9. The Morgan fingerprint density at radius 1 is 1.14 bits per heavy atom. The van der Waals surface area contributed by atoms with E-state index in [4.69, 9.17) is 4.74 Å². The van der Waals surface area contributed by atoms with Crippen molar-refractivity contribution in [3.8, 4) is 11.3 Å². The lowest BCUT2D eigenvalue weighted by atomic mass is 10.1. The summed E-state index contributed by atoms with van der Waals surface area (Å²) in [6, 6.07) is 19.0. The Kier molecular flexibility index (Phi) is 4.69. The van der Waals surface area contributed by atoms with Crippen molar-refractivity contribution in [1.29, 1.82) is 0 Å². The van der Waals surface area contributed by atoms with Crippen LogP contribution >= 0.6 is 0 Å². The van der Waals surface area contributed by atoms with Crippen molar-refractivity contribution in [2.75, 3.05) is 4.90 Å². The van der Waals surface area contributed by atoms with Gasteiger partial charge in [0.05, 0.1) is 5.69 Å². The first-order valence-electron chi connectivity index (χ1n) is 9.27. The van der Waals surface area contributed by atoms with E-state index in [2.05, 4.69) is 10.2 Å². The van der Waals surface area contributed by atoms with Crippen molar-refractivity contribution in [3.63, 3.8) is 0 Å². The number of carbonyl (C=O) groups excluding carboxylic acids is 2. The van der Waals surface area contributed by atoms with Gasteiger partial charge in [-0.2, -0.15) is 5.10 Å². The predicted molar refractivity (Wildman–Crippen MR) is 106 cm³/mol. The average molecular weight is 375 g/mol. The van der Waals surface area contributed by atoms with E-state index in [0.29, 0.717) is 5.69 Å². The first-order valence-corrected chi connectivity index (χ1v) is 9.27. The van der Waals surface area contributed by atoms with Crippen LogP contribution < -0.4 is 4.90 Å². The Morgan fingerprint density at radius 3 is 2.64 bits per heavy atom. The van der Waals surface area contributed by atoms with Crippen LogP contribution in [0.4, 0.5) is 5.69 Å². The first-order chi connectivity index (χ1) is 13.5. The maximum Gasteiger partial charge on any atom is 0.357 e. The molecule has 3 aromatic rings. The third-order valence-electron chi connectivity index (χ3n) is 4.94. The smallest absolute Gasteiger partial charge is 0.357 e. The summed E-state index contributed by atoms with van der Waals surface area (Å²) in [4.78, 5) is 27.1. The van der Waals surface area contributed by atoms with Gasteiger partial charge in [-0.3, -0.25) is 9.89 Å². The molecule has 0 bridgehead atoms. The van der Waals surface area contributed by atoms with Crippen LogP contribution in [0.25, 0.3) is 11.3 Å². The standard InChI is InChI=1S/C22H21N3O3/c1-14-12-17-10-6-7-11-20(17)25(14)21(26)15(2)28-22(27)19-13-18(23-24-19)16-8-4-3-5-9-16/h3-11,13-15H,12H2,1-2H3,(H,23,24)/t14-,15+/m0/s1. The minimum absolute atomic E-state index is 0.0305. The average Bonchev–Trinajstić information content (AvgIpc) is 3.32. The van der Waals surface area contributed by atoms with Crippen LogP contribution in [-0.4, -0.2) is 34.2 Å². The number of anilines is 1. The Morgan fingerprint density at radius 2 is 1.86 bits per heavy atom. The van der Waals surface area contributed by atoms with E-state index in [-0.39, 0.29) is 17.6 Å². The summed E-state index contributed by atoms with van der Waals surface area (Å²) >= 11 is 0. The number of fused-ring (bicyclic) bond motifs is 1. The zero-order valence-electron chi connectivity index (χ0n) is 15.8. The molecule has 1 N–H and O–H groups in total. The molecular weight excluding hydrogens is 354 g/mol. The number of carbonyl (C=O) groups is 2. The van der Waals surface area contributed by atoms with Crippen molar-refractivity contribution >= 4 is 17.6 Å². The van der Waals surface area contributed by atoms with E-state index in [1.807, 2.05) is 61.5 Å². The number of aromatic nitrogens is 2. The normalized spacial score (nSPS) is 16.5. The minimum Gasteiger partial charge on any atom is -0.448 e. The van der Waals surface area contributed by atoms with E-state index in [1.165, 1.54) is 0 Å². The summed E-state index contributed by atoms with van der Waals surface area (Å²) in [6.45, 7) is 3.59. The molecule has 1 aliphatic rings. The van der Waals surface area contributed by atoms with Crippen LogP contribution in [0, 0.1) is 0 Å². The van der Waals surface area contributed by atoms with Crippen LogP contribution in [-0.2, 0) is 16.0 Å². The van der Waals surface area contributed by atoms with Crippen LogP contribution in [0.3, 0.4) is 0 Å². The van der Waals surface area contributed by atoms with Gasteiger partial charge in [0.2, 0.25) is 0 Å². The summed E-state index contributed by atoms with van der Waals surface area (Å²) in [5, 5.41) is 6.85. The molecule has 6 heteroatoms. The number of H-pyrrole nitrogens is 1. The maximum atomic E-state index is 12.9. The number of aromatic amines is 1. The third-order valence-corrected chi connectivity index (χ3v) is 4.94. The molecule has 0 saturated heterocycles. The molecule has 142 valence electrons. The Hall–Kier alpha value is -3.41. The number of nitrogens with one attached hydrogen (secondary N) is 1. The lowest BCUT2D eigenvalue weighted by molar-refractivity contribution is -0.126. The van der Waals surface area contributed by atoms with Crippen LogP contribution in [0.15, 0.2) is 60.7 Å². The highest BCUT2D eigenvalue weighted by atomic mass is 16.5. The first kappa shape index (κ1) is 18.0. The summed E-state index contributed by atoms with van der Waals surface area (Å²) in [5.74, 6) is -0.829. The van der Waals surface area contributed by atoms with Crippen molar-refractivity contribution in [2.24, 2.45) is 0 Å². The zero-order valence-corrected chi connectivity index (χ0v) is 15.8. The van der Waals surface area contributed by atoms with Crippen molar-refractivity contribution in [3.05, 3.63) is 71.9 Å². The molecule has 0 saturated carbocycles. The highest BCUT2D eigenvalue weighted by molar-refractivity contribution is 6.00. The summed E-state index contributed by atoms with van der Waals surface area (Å²) in [5.41, 5.74) is 3.77. The fourth-order valence-electron chi connectivity index (χ4n) is 3.55. The van der Waals surface area contributed by atoms with Gasteiger partial charge in [0.25, 0.3) is 5.91 Å². The van der Waals surface area contributed by atoms with Crippen molar-refractivity contribution < 1.29 is 14.3 Å². The van der Waals surface area contributed by atoms with Crippen molar-refractivity contribution in [1.82, 2.24) is 10.2 Å². The lowest BCUT2D eigenvalue weighted by Crippen LogP contribution is -2.43. The molecule has 2 heterocycles. The molecule has 0 fully saturated rings. The van der Waals surface area contributed by atoms with Crippen molar-refractivity contribution in [2.45, 2.75) is 32.4 Å². The SMILES string of the molecule is C[C@@H](OC(=O)c1cc(-c2ccccc2)n[nH]1)C(=O)N1c2ccccc2C[C@@H]1C. The Balaban J connectivity index is 1.47. The third kappa shape index (κ3) is 3.29. The second kappa shape index (κ2) is 7.31. The molecule has 1 amide bonds. The van der Waals surface area contributed by atoms with Gasteiger partial charge in [-0.05, 0) is 38.0 Å². The van der Waals surface area contributed by atoms with E-state index in [9.17, 15) is 9.59 Å². The summed E-state index contributed by atoms with van der Waals surface area (Å²) in [6.07, 6.45) is -0.103. The highest BCUT2D eigenvalue weighted by Crippen LogP contribution is 2.32. The number of ether oxygens (including phenoxy) is 1. The molecule has 2 aromatic carbocycles. The number of hydrogen-bond acceptors (Lipinski definition) is 4. The van der Waals surface area contributed by atoms with E-state index in [0.717, 1.165) is 23.2 Å². The fraction of sp³-hybridized carbons (Fsp3) is 0.227. The van der Waals surface area contributed by atoms with Gasteiger partial charge in [-0.15, -0.1) is 0 Å². The van der Waals surface area contributed by atoms with E-state index >= 15 is 0 Å².